The largest absolute Gasteiger partial charge is 0.305 e. The van der Waals surface area contributed by atoms with Crippen molar-refractivity contribution in [3.63, 3.8) is 0 Å². The van der Waals surface area contributed by atoms with Gasteiger partial charge in [0.1, 0.15) is 5.82 Å². The van der Waals surface area contributed by atoms with Gasteiger partial charge in [-0.05, 0) is 50.3 Å². The molecule has 1 aromatic rings. The van der Waals surface area contributed by atoms with E-state index < -0.39 is 6.04 Å². The van der Waals surface area contributed by atoms with Crippen LogP contribution in [0.5, 0.6) is 0 Å². The molecule has 0 unspecified atom stereocenters. The fourth-order valence-corrected chi connectivity index (χ4v) is 3.56. The van der Waals surface area contributed by atoms with Crippen LogP contribution in [-0.2, 0) is 9.59 Å². The van der Waals surface area contributed by atoms with E-state index in [9.17, 15) is 14.0 Å². The van der Waals surface area contributed by atoms with Crippen LogP contribution in [0.2, 0.25) is 0 Å². The molecule has 0 radical (unpaired) electrons. The van der Waals surface area contributed by atoms with Gasteiger partial charge in [-0.15, -0.1) is 0 Å². The highest BCUT2D eigenvalue weighted by Crippen LogP contribution is 2.23. The van der Waals surface area contributed by atoms with E-state index in [1.54, 1.807) is 0 Å². The Kier molecular flexibility index (Phi) is 6.34. The van der Waals surface area contributed by atoms with Crippen LogP contribution in [0.25, 0.3) is 0 Å². The molecule has 3 rings (SSSR count). The smallest absolute Gasteiger partial charge is 0.251 e. The van der Waals surface area contributed by atoms with Crippen molar-refractivity contribution in [2.75, 3.05) is 50.7 Å². The Labute approximate surface area is 153 Å². The molecule has 1 aromatic carbocycles. The molecule has 6 nitrogen and oxygen atoms in total. The van der Waals surface area contributed by atoms with Gasteiger partial charge in [-0.3, -0.25) is 9.59 Å². The van der Waals surface area contributed by atoms with Crippen LogP contribution in [0.3, 0.4) is 0 Å². The number of benzene rings is 1. The number of carbonyl (C=O) groups is 2. The molecule has 0 spiro atoms. The summed E-state index contributed by atoms with van der Waals surface area (Å²) in [6.07, 6.45) is 1.10. The molecule has 7 heteroatoms. The number of hydrogen-bond acceptors (Lipinski definition) is 5. The Hall–Kier alpha value is -1.83. The summed E-state index contributed by atoms with van der Waals surface area (Å²) >= 11 is 0. The lowest BCUT2D eigenvalue weighted by Crippen LogP contribution is -2.47. The summed E-state index contributed by atoms with van der Waals surface area (Å²) in [6.45, 7) is 9.42. The van der Waals surface area contributed by atoms with Gasteiger partial charge in [0.25, 0.3) is 5.91 Å². The topological polar surface area (TPSA) is 55.9 Å². The Bertz CT molecular complexity index is 629. The summed E-state index contributed by atoms with van der Waals surface area (Å²) < 4.78 is 13.0. The van der Waals surface area contributed by atoms with Gasteiger partial charge in [-0.1, -0.05) is 6.92 Å². The molecule has 2 heterocycles. The number of anilines is 1. The summed E-state index contributed by atoms with van der Waals surface area (Å²) in [5.41, 5.74) is 0.430. The molecule has 2 amide bonds. The molecule has 0 aromatic heterocycles. The van der Waals surface area contributed by atoms with Crippen LogP contribution in [-0.4, -0.2) is 73.5 Å². The number of imide groups is 1. The van der Waals surface area contributed by atoms with Crippen molar-refractivity contribution in [2.24, 2.45) is 0 Å². The van der Waals surface area contributed by atoms with Crippen molar-refractivity contribution in [1.29, 1.82) is 0 Å². The van der Waals surface area contributed by atoms with Crippen LogP contribution in [0.4, 0.5) is 10.1 Å². The molecule has 26 heavy (non-hydrogen) atoms. The molecule has 142 valence electrons. The number of likely N-dealkylation sites (N-methyl/N-ethyl adjacent to an activating group) is 1. The van der Waals surface area contributed by atoms with E-state index in [-0.39, 0.29) is 24.1 Å². The highest BCUT2D eigenvalue weighted by Gasteiger charge is 2.39. The lowest BCUT2D eigenvalue weighted by Gasteiger charge is -2.34. The molecule has 0 saturated carbocycles. The van der Waals surface area contributed by atoms with E-state index >= 15 is 0 Å². The lowest BCUT2D eigenvalue weighted by molar-refractivity contribution is -0.121. The third-order valence-corrected chi connectivity index (χ3v) is 5.19. The van der Waals surface area contributed by atoms with Crippen LogP contribution in [0.1, 0.15) is 19.8 Å². The molecule has 1 N–H and O–H groups in total. The Balaban J connectivity index is 1.42. The first-order chi connectivity index (χ1) is 12.6. The van der Waals surface area contributed by atoms with Gasteiger partial charge in [0.05, 0.1) is 18.2 Å². The number of carbonyl (C=O) groups excluding carboxylic acids is 2. The van der Waals surface area contributed by atoms with E-state index in [0.29, 0.717) is 12.2 Å². The lowest BCUT2D eigenvalue weighted by atomic mass is 10.2. The SMILES string of the molecule is CCN1CCN(CCCN[C@@H]2CC(=O)N(c3ccc(F)cc3)C2=O)CC1. The predicted molar refractivity (Wildman–Crippen MR) is 98.5 cm³/mol. The van der Waals surface area contributed by atoms with Crippen molar-refractivity contribution in [2.45, 2.75) is 25.8 Å². The van der Waals surface area contributed by atoms with Crippen LogP contribution < -0.4 is 10.2 Å². The summed E-state index contributed by atoms with van der Waals surface area (Å²) in [7, 11) is 0. The fraction of sp³-hybridized carbons (Fsp3) is 0.579. The number of nitrogens with zero attached hydrogens (tertiary/aromatic N) is 3. The number of amides is 2. The van der Waals surface area contributed by atoms with Gasteiger partial charge in [0.15, 0.2) is 0 Å². The maximum atomic E-state index is 13.0. The minimum atomic E-state index is -0.482. The summed E-state index contributed by atoms with van der Waals surface area (Å²) in [5, 5.41) is 3.21. The molecular weight excluding hydrogens is 335 g/mol. The quantitative estimate of drug-likeness (QED) is 0.581. The average molecular weight is 362 g/mol. The van der Waals surface area contributed by atoms with Crippen molar-refractivity contribution in [3.05, 3.63) is 30.1 Å². The number of piperazine rings is 1. The van der Waals surface area contributed by atoms with Crippen LogP contribution >= 0.6 is 0 Å². The second kappa shape index (κ2) is 8.70. The first-order valence-electron chi connectivity index (χ1n) is 9.39. The van der Waals surface area contributed by atoms with Gasteiger partial charge < -0.3 is 15.1 Å². The predicted octanol–water partition coefficient (Wildman–Crippen LogP) is 1.07. The van der Waals surface area contributed by atoms with Crippen molar-refractivity contribution >= 4 is 17.5 Å². The zero-order valence-electron chi connectivity index (χ0n) is 15.3. The first-order valence-corrected chi connectivity index (χ1v) is 9.39. The molecule has 2 aliphatic heterocycles. The van der Waals surface area contributed by atoms with Crippen LogP contribution in [0.15, 0.2) is 24.3 Å². The second-order valence-corrected chi connectivity index (χ2v) is 6.88. The van der Waals surface area contributed by atoms with Crippen molar-refractivity contribution in [1.82, 2.24) is 15.1 Å². The molecular formula is C19H27FN4O2. The van der Waals surface area contributed by atoms with Gasteiger partial charge in [-0.2, -0.15) is 0 Å². The number of halogens is 1. The minimum absolute atomic E-state index is 0.158. The zero-order chi connectivity index (χ0) is 18.5. The van der Waals surface area contributed by atoms with Gasteiger partial charge in [0.2, 0.25) is 5.91 Å². The van der Waals surface area contributed by atoms with Crippen molar-refractivity contribution < 1.29 is 14.0 Å². The highest BCUT2D eigenvalue weighted by molar-refractivity contribution is 6.22. The minimum Gasteiger partial charge on any atom is -0.305 e. The molecule has 2 aliphatic rings. The Morgan fingerprint density at radius 1 is 1.08 bits per heavy atom. The monoisotopic (exact) mass is 362 g/mol. The van der Waals surface area contributed by atoms with Gasteiger partial charge >= 0.3 is 0 Å². The number of hydrogen-bond donors (Lipinski definition) is 1. The second-order valence-electron chi connectivity index (χ2n) is 6.88. The maximum Gasteiger partial charge on any atom is 0.251 e. The van der Waals surface area contributed by atoms with Gasteiger partial charge in [0, 0.05) is 26.2 Å². The molecule has 0 bridgehead atoms. The molecule has 1 atom stereocenters. The fourth-order valence-electron chi connectivity index (χ4n) is 3.56. The third-order valence-electron chi connectivity index (χ3n) is 5.19. The van der Waals surface area contributed by atoms with E-state index in [4.69, 9.17) is 0 Å². The summed E-state index contributed by atoms with van der Waals surface area (Å²) in [6, 6.07) is 4.96. The Morgan fingerprint density at radius 2 is 1.73 bits per heavy atom. The molecule has 0 aliphatic carbocycles. The van der Waals surface area contributed by atoms with Crippen LogP contribution in [0, 0.1) is 5.82 Å². The molecule has 2 saturated heterocycles. The van der Waals surface area contributed by atoms with E-state index in [2.05, 4.69) is 22.0 Å². The standard InChI is InChI=1S/C19H27FN4O2/c1-2-22-10-12-23(13-11-22)9-3-8-21-17-14-18(25)24(19(17)26)16-6-4-15(20)5-7-16/h4-7,17,21H,2-3,8-14H2,1H3/t17-/m1/s1. The van der Waals surface area contributed by atoms with E-state index in [0.717, 1.165) is 50.6 Å². The third kappa shape index (κ3) is 4.47. The number of rotatable bonds is 7. The average Bonchev–Trinajstić information content (AvgIpc) is 2.94. The number of nitrogens with one attached hydrogen (secondary N) is 1. The first kappa shape index (κ1) is 18.9. The van der Waals surface area contributed by atoms with Gasteiger partial charge in [-0.25, -0.2) is 9.29 Å². The highest BCUT2D eigenvalue weighted by atomic mass is 19.1. The normalized spacial score (nSPS) is 22.4. The van der Waals surface area contributed by atoms with E-state index in [1.165, 1.54) is 24.3 Å². The van der Waals surface area contributed by atoms with E-state index in [1.807, 2.05) is 0 Å². The Morgan fingerprint density at radius 3 is 2.38 bits per heavy atom. The summed E-state index contributed by atoms with van der Waals surface area (Å²) in [5.74, 6) is -0.879. The zero-order valence-corrected chi connectivity index (χ0v) is 15.3. The molecule has 2 fully saturated rings. The maximum absolute atomic E-state index is 13.0. The summed E-state index contributed by atoms with van der Waals surface area (Å²) in [4.78, 5) is 30.7. The van der Waals surface area contributed by atoms with Crippen molar-refractivity contribution in [3.8, 4) is 0 Å².